The van der Waals surface area contributed by atoms with Crippen LogP contribution in [0.3, 0.4) is 0 Å². The molecule has 0 radical (unpaired) electrons. The average molecular weight is 273 g/mol. The molecule has 0 aliphatic carbocycles. The Morgan fingerprint density at radius 3 is 2.89 bits per heavy atom. The Morgan fingerprint density at radius 1 is 1.72 bits per heavy atom. The highest BCUT2D eigenvalue weighted by Gasteiger charge is 2.54. The van der Waals surface area contributed by atoms with Crippen molar-refractivity contribution in [3.05, 3.63) is 24.6 Å². The fourth-order valence-electron chi connectivity index (χ4n) is 2.21. The Bertz CT molecular complexity index is 408. The summed E-state index contributed by atoms with van der Waals surface area (Å²) in [6, 6.07) is -0.358. The van der Waals surface area contributed by atoms with Crippen molar-refractivity contribution in [2.45, 2.75) is 43.6 Å². The highest BCUT2D eigenvalue weighted by Crippen LogP contribution is 2.40. The number of aliphatic hydroxyl groups excluding tert-OH is 1. The van der Waals surface area contributed by atoms with Gasteiger partial charge in [-0.25, -0.2) is 4.79 Å². The topological polar surface area (TPSA) is 61.8 Å². The summed E-state index contributed by atoms with van der Waals surface area (Å²) in [6.07, 6.45) is 1.96. The van der Waals surface area contributed by atoms with Crippen molar-refractivity contribution in [1.82, 2.24) is 10.2 Å². The lowest BCUT2D eigenvalue weighted by molar-refractivity contribution is -0.0352. The molecule has 2 rings (SSSR count). The summed E-state index contributed by atoms with van der Waals surface area (Å²) >= 11 is 6.34. The first-order valence-electron chi connectivity index (χ1n) is 5.86. The van der Waals surface area contributed by atoms with Crippen molar-refractivity contribution in [3.63, 3.8) is 0 Å². The van der Waals surface area contributed by atoms with Gasteiger partial charge in [-0.15, -0.1) is 11.6 Å². The Labute approximate surface area is 111 Å². The number of ether oxygens (including phenoxy) is 1. The van der Waals surface area contributed by atoms with Crippen LogP contribution in [0.15, 0.2) is 24.6 Å². The van der Waals surface area contributed by atoms with Crippen molar-refractivity contribution in [2.75, 3.05) is 0 Å². The molecule has 1 fully saturated rings. The van der Waals surface area contributed by atoms with E-state index < -0.39 is 17.2 Å². The summed E-state index contributed by atoms with van der Waals surface area (Å²) in [5.41, 5.74) is 0.512. The minimum absolute atomic E-state index is 0.358. The number of urea groups is 1. The largest absolute Gasteiger partial charge is 0.388 e. The predicted molar refractivity (Wildman–Crippen MR) is 67.9 cm³/mol. The predicted octanol–water partition coefficient (Wildman–Crippen LogP) is 1.53. The van der Waals surface area contributed by atoms with E-state index in [0.717, 1.165) is 0 Å². The van der Waals surface area contributed by atoms with Crippen LogP contribution in [0.5, 0.6) is 0 Å². The highest BCUT2D eigenvalue weighted by molar-refractivity contribution is 6.25. The quantitative estimate of drug-likeness (QED) is 0.750. The first-order valence-corrected chi connectivity index (χ1v) is 6.24. The molecule has 0 aromatic rings. The normalized spacial score (nSPS) is 40.2. The van der Waals surface area contributed by atoms with Crippen LogP contribution in [0.4, 0.5) is 4.79 Å². The molecule has 18 heavy (non-hydrogen) atoms. The molecule has 2 N–H and O–H groups in total. The maximum atomic E-state index is 11.9. The zero-order chi connectivity index (χ0) is 13.5. The smallest absolute Gasteiger partial charge is 0.328 e. The summed E-state index contributed by atoms with van der Waals surface area (Å²) < 4.78 is 5.69. The van der Waals surface area contributed by atoms with Crippen molar-refractivity contribution in [3.8, 4) is 0 Å². The molecule has 2 amide bonds. The summed E-state index contributed by atoms with van der Waals surface area (Å²) in [7, 11) is 0. The number of carbonyl (C=O) groups is 1. The fraction of sp³-hybridized carbons (Fsp3) is 0.583. The summed E-state index contributed by atoms with van der Waals surface area (Å²) in [4.78, 5) is 12.2. The molecule has 0 spiro atoms. The molecular weight excluding hydrogens is 256 g/mol. The van der Waals surface area contributed by atoms with Gasteiger partial charge in [0.05, 0.1) is 6.10 Å². The number of alkyl halides is 1. The Balaban J connectivity index is 2.26. The van der Waals surface area contributed by atoms with Gasteiger partial charge in [0.1, 0.15) is 11.0 Å². The van der Waals surface area contributed by atoms with Gasteiger partial charge in [-0.2, -0.15) is 0 Å². The minimum atomic E-state index is -1.04. The van der Waals surface area contributed by atoms with Crippen molar-refractivity contribution in [1.29, 1.82) is 0 Å². The number of nitrogens with zero attached hydrogens (tertiary/aromatic N) is 1. The molecule has 0 saturated carbocycles. The van der Waals surface area contributed by atoms with E-state index in [2.05, 4.69) is 11.9 Å². The van der Waals surface area contributed by atoms with Gasteiger partial charge in [-0.3, -0.25) is 4.90 Å². The second kappa shape index (κ2) is 4.57. The molecule has 2 heterocycles. The first kappa shape index (κ1) is 13.4. The van der Waals surface area contributed by atoms with Gasteiger partial charge >= 0.3 is 6.03 Å². The molecule has 4 atom stereocenters. The summed E-state index contributed by atoms with van der Waals surface area (Å²) in [6.45, 7) is 7.21. The van der Waals surface area contributed by atoms with Crippen molar-refractivity contribution in [2.24, 2.45) is 0 Å². The average Bonchev–Trinajstić information content (AvgIpc) is 2.52. The Morgan fingerprint density at radius 2 is 2.39 bits per heavy atom. The molecule has 0 bridgehead atoms. The van der Waals surface area contributed by atoms with Gasteiger partial charge in [0.2, 0.25) is 0 Å². The lowest BCUT2D eigenvalue weighted by Crippen LogP contribution is -2.53. The number of hydrogen-bond acceptors (Lipinski definition) is 3. The first-order chi connectivity index (χ1) is 8.37. The van der Waals surface area contributed by atoms with Gasteiger partial charge in [-0.05, 0) is 19.4 Å². The lowest BCUT2D eigenvalue weighted by Gasteiger charge is -2.34. The van der Waals surface area contributed by atoms with Crippen LogP contribution < -0.4 is 5.32 Å². The molecule has 2 aliphatic heterocycles. The van der Waals surface area contributed by atoms with E-state index in [1.165, 1.54) is 4.90 Å². The van der Waals surface area contributed by atoms with Crippen molar-refractivity contribution >= 4 is 17.6 Å². The molecule has 0 aromatic carbocycles. The fourth-order valence-corrected chi connectivity index (χ4v) is 2.50. The van der Waals surface area contributed by atoms with E-state index >= 15 is 0 Å². The zero-order valence-electron chi connectivity index (χ0n) is 10.4. The third-order valence-corrected chi connectivity index (χ3v) is 3.72. The van der Waals surface area contributed by atoms with Gasteiger partial charge < -0.3 is 15.2 Å². The third-order valence-electron chi connectivity index (χ3n) is 3.31. The standard InChI is InChI=1S/C12H17ClN2O3/c1-4-8-9(16)12(3,13)10(18-8)15-6-5-7(2)14-11(15)17/h5-6,8-10,16H,2,4H2,1,3H3,(H,14,17)/t8-,9-,10-,12?/m1/s1. The van der Waals surface area contributed by atoms with Crippen LogP contribution >= 0.6 is 11.6 Å². The maximum Gasteiger partial charge on any atom is 0.328 e. The number of amides is 2. The van der Waals surface area contributed by atoms with E-state index in [-0.39, 0.29) is 12.1 Å². The van der Waals surface area contributed by atoms with Crippen LogP contribution in [0, 0.1) is 0 Å². The maximum absolute atomic E-state index is 11.9. The minimum Gasteiger partial charge on any atom is -0.388 e. The monoisotopic (exact) mass is 272 g/mol. The molecule has 2 aliphatic rings. The SMILES string of the molecule is C=C1C=CN([C@@H]2O[C@H](CC)[C@@H](O)C2(C)Cl)C(=O)N1. The number of nitrogens with one attached hydrogen (secondary N) is 1. The highest BCUT2D eigenvalue weighted by atomic mass is 35.5. The summed E-state index contributed by atoms with van der Waals surface area (Å²) in [5.74, 6) is 0. The van der Waals surface area contributed by atoms with Gasteiger partial charge in [-0.1, -0.05) is 13.5 Å². The van der Waals surface area contributed by atoms with Crippen LogP contribution in [0.2, 0.25) is 0 Å². The molecule has 0 aromatic heterocycles. The molecule has 6 heteroatoms. The number of rotatable bonds is 2. The van der Waals surface area contributed by atoms with Crippen LogP contribution in [-0.2, 0) is 4.74 Å². The van der Waals surface area contributed by atoms with Crippen LogP contribution in [0.25, 0.3) is 0 Å². The Hall–Kier alpha value is -1.04. The lowest BCUT2D eigenvalue weighted by atomic mass is 9.99. The number of hydrogen-bond donors (Lipinski definition) is 2. The molecule has 100 valence electrons. The van der Waals surface area contributed by atoms with E-state index in [1.54, 1.807) is 19.2 Å². The van der Waals surface area contributed by atoms with E-state index in [4.69, 9.17) is 16.3 Å². The second-order valence-electron chi connectivity index (χ2n) is 4.71. The van der Waals surface area contributed by atoms with Crippen LogP contribution in [-0.4, -0.2) is 39.3 Å². The van der Waals surface area contributed by atoms with Crippen molar-refractivity contribution < 1.29 is 14.6 Å². The molecule has 5 nitrogen and oxygen atoms in total. The number of carbonyl (C=O) groups excluding carboxylic acids is 1. The Kier molecular flexibility index (Phi) is 3.40. The van der Waals surface area contributed by atoms with E-state index in [0.29, 0.717) is 12.1 Å². The van der Waals surface area contributed by atoms with Gasteiger partial charge in [0.25, 0.3) is 0 Å². The third kappa shape index (κ3) is 2.02. The zero-order valence-corrected chi connectivity index (χ0v) is 11.1. The van der Waals surface area contributed by atoms with Gasteiger partial charge in [0.15, 0.2) is 6.23 Å². The van der Waals surface area contributed by atoms with E-state index in [1.807, 2.05) is 6.92 Å². The van der Waals surface area contributed by atoms with Crippen LogP contribution in [0.1, 0.15) is 20.3 Å². The molecule has 1 saturated heterocycles. The number of allylic oxidation sites excluding steroid dienone is 1. The number of halogens is 1. The molecule has 1 unspecified atom stereocenters. The number of aliphatic hydroxyl groups is 1. The van der Waals surface area contributed by atoms with Gasteiger partial charge in [0, 0.05) is 11.9 Å². The van der Waals surface area contributed by atoms with E-state index in [9.17, 15) is 9.90 Å². The molecular formula is C12H17ClN2O3. The summed E-state index contributed by atoms with van der Waals surface area (Å²) in [5, 5.41) is 12.7. The second-order valence-corrected chi connectivity index (χ2v) is 5.52.